The zero-order valence-electron chi connectivity index (χ0n) is 10.0. The number of benzene rings is 2. The van der Waals surface area contributed by atoms with Gasteiger partial charge in [0.1, 0.15) is 0 Å². The Morgan fingerprint density at radius 1 is 1.11 bits per heavy atom. The molecule has 1 N–H and O–H groups in total. The molecule has 0 radical (unpaired) electrons. The molecule has 0 aliphatic rings. The molecule has 0 atom stereocenters. The predicted octanol–water partition coefficient (Wildman–Crippen LogP) is 5.53. The molecule has 2 aromatic rings. The number of aryl methyl sites for hydroxylation is 1. The fraction of sp³-hybridized carbons (Fsp3) is 0.0714. The van der Waals surface area contributed by atoms with Gasteiger partial charge < -0.3 is 5.32 Å². The monoisotopic (exact) mass is 445 g/mol. The number of nitrogens with one attached hydrogen (secondary N) is 1. The average Bonchev–Trinajstić information content (AvgIpc) is 2.34. The van der Waals surface area contributed by atoms with Crippen molar-refractivity contribution in [2.24, 2.45) is 0 Å². The summed E-state index contributed by atoms with van der Waals surface area (Å²) in [5.41, 5.74) is 2.43. The van der Waals surface area contributed by atoms with Crippen molar-refractivity contribution in [3.05, 3.63) is 60.9 Å². The van der Waals surface area contributed by atoms with Crippen LogP contribution in [0.1, 0.15) is 15.9 Å². The minimum Gasteiger partial charge on any atom is -0.321 e. The first kappa shape index (κ1) is 14.8. The number of anilines is 1. The molecule has 2 aromatic carbocycles. The minimum absolute atomic E-state index is 0.148. The topological polar surface area (TPSA) is 29.1 Å². The van der Waals surface area contributed by atoms with Gasteiger partial charge in [0.15, 0.2) is 0 Å². The van der Waals surface area contributed by atoms with Crippen LogP contribution in [0.4, 0.5) is 5.69 Å². The van der Waals surface area contributed by atoms with Crippen molar-refractivity contribution in [3.63, 3.8) is 0 Å². The number of carbonyl (C=O) groups is 1. The van der Waals surface area contributed by atoms with Crippen molar-refractivity contribution in [2.75, 3.05) is 5.32 Å². The van der Waals surface area contributed by atoms with Crippen molar-refractivity contribution < 1.29 is 4.79 Å². The third kappa shape index (κ3) is 3.46. The molecular weight excluding hydrogens is 438 g/mol. The first-order valence-electron chi connectivity index (χ1n) is 5.50. The average molecular weight is 448 g/mol. The van der Waals surface area contributed by atoms with Gasteiger partial charge >= 0.3 is 0 Å². The van der Waals surface area contributed by atoms with Crippen LogP contribution < -0.4 is 5.32 Å². The van der Waals surface area contributed by atoms with Crippen LogP contribution in [0.15, 0.2) is 49.8 Å². The summed E-state index contributed by atoms with van der Waals surface area (Å²) in [6, 6.07) is 11.2. The molecule has 2 nitrogen and oxygen atoms in total. The molecule has 5 heteroatoms. The van der Waals surface area contributed by atoms with Gasteiger partial charge in [-0.1, -0.05) is 28.1 Å². The summed E-state index contributed by atoms with van der Waals surface area (Å²) in [6.45, 7) is 1.98. The molecule has 0 unspecified atom stereocenters. The fourth-order valence-electron chi connectivity index (χ4n) is 1.61. The van der Waals surface area contributed by atoms with Crippen LogP contribution in [0.2, 0.25) is 0 Å². The number of halogens is 3. The summed E-state index contributed by atoms with van der Waals surface area (Å²) in [7, 11) is 0. The lowest BCUT2D eigenvalue weighted by Gasteiger charge is -2.10. The van der Waals surface area contributed by atoms with E-state index in [0.29, 0.717) is 5.56 Å². The number of hydrogen-bond acceptors (Lipinski definition) is 1. The van der Waals surface area contributed by atoms with E-state index in [1.165, 1.54) is 0 Å². The third-order valence-corrected chi connectivity index (χ3v) is 4.82. The predicted molar refractivity (Wildman–Crippen MR) is 88.7 cm³/mol. The van der Waals surface area contributed by atoms with Crippen LogP contribution >= 0.6 is 47.8 Å². The largest absolute Gasteiger partial charge is 0.321 e. The Morgan fingerprint density at radius 2 is 1.84 bits per heavy atom. The molecule has 0 aliphatic carbocycles. The van der Waals surface area contributed by atoms with Crippen LogP contribution in [0.25, 0.3) is 0 Å². The first-order chi connectivity index (χ1) is 8.99. The van der Waals surface area contributed by atoms with Gasteiger partial charge in [-0.25, -0.2) is 0 Å². The van der Waals surface area contributed by atoms with E-state index in [1.807, 2.05) is 37.3 Å². The highest BCUT2D eigenvalue weighted by molar-refractivity contribution is 9.11. The molecule has 1 amide bonds. The van der Waals surface area contributed by atoms with Gasteiger partial charge in [0.05, 0.1) is 11.3 Å². The van der Waals surface area contributed by atoms with E-state index >= 15 is 0 Å². The molecule has 0 aromatic heterocycles. The van der Waals surface area contributed by atoms with E-state index in [9.17, 15) is 4.79 Å². The SMILES string of the molecule is Cc1cccc(NC(=O)c2ccc(Br)cc2Br)c1Br. The second-order valence-corrected chi connectivity index (χ2v) is 6.58. The van der Waals surface area contributed by atoms with Gasteiger partial charge in [-0.3, -0.25) is 4.79 Å². The van der Waals surface area contributed by atoms with Gasteiger partial charge in [-0.05, 0) is 68.6 Å². The van der Waals surface area contributed by atoms with Crippen LogP contribution in [-0.4, -0.2) is 5.91 Å². The van der Waals surface area contributed by atoms with E-state index in [4.69, 9.17) is 0 Å². The molecule has 2 rings (SSSR count). The first-order valence-corrected chi connectivity index (χ1v) is 7.88. The van der Waals surface area contributed by atoms with Crippen molar-refractivity contribution in [3.8, 4) is 0 Å². The van der Waals surface area contributed by atoms with Crippen molar-refractivity contribution in [1.82, 2.24) is 0 Å². The number of rotatable bonds is 2. The minimum atomic E-state index is -0.148. The van der Waals surface area contributed by atoms with E-state index in [0.717, 1.165) is 24.7 Å². The van der Waals surface area contributed by atoms with Crippen LogP contribution in [0.3, 0.4) is 0 Å². The Labute approximate surface area is 137 Å². The van der Waals surface area contributed by atoms with Crippen molar-refractivity contribution in [1.29, 1.82) is 0 Å². The number of hydrogen-bond donors (Lipinski definition) is 1. The highest BCUT2D eigenvalue weighted by Crippen LogP contribution is 2.27. The summed E-state index contributed by atoms with van der Waals surface area (Å²) in [6.07, 6.45) is 0. The fourth-order valence-corrected chi connectivity index (χ4v) is 3.20. The standard InChI is InChI=1S/C14H10Br3NO/c1-8-3-2-4-12(13(8)17)18-14(19)10-6-5-9(15)7-11(10)16/h2-7H,1H3,(H,18,19). The van der Waals surface area contributed by atoms with E-state index in [1.54, 1.807) is 6.07 Å². The lowest BCUT2D eigenvalue weighted by Crippen LogP contribution is -2.13. The molecule has 0 bridgehead atoms. The summed E-state index contributed by atoms with van der Waals surface area (Å²) >= 11 is 10.2. The molecule has 19 heavy (non-hydrogen) atoms. The van der Waals surface area contributed by atoms with Gasteiger partial charge in [0, 0.05) is 13.4 Å². The maximum absolute atomic E-state index is 12.2. The number of amides is 1. The van der Waals surface area contributed by atoms with E-state index < -0.39 is 0 Å². The highest BCUT2D eigenvalue weighted by atomic mass is 79.9. The summed E-state index contributed by atoms with van der Waals surface area (Å²) in [5.74, 6) is -0.148. The van der Waals surface area contributed by atoms with Gasteiger partial charge in [-0.15, -0.1) is 0 Å². The Hall–Kier alpha value is -0.650. The van der Waals surface area contributed by atoms with Crippen LogP contribution in [0.5, 0.6) is 0 Å². The number of carbonyl (C=O) groups excluding carboxylic acids is 1. The van der Waals surface area contributed by atoms with Crippen LogP contribution in [-0.2, 0) is 0 Å². The lowest BCUT2D eigenvalue weighted by atomic mass is 10.2. The Kier molecular flexibility index (Phi) is 4.81. The van der Waals surface area contributed by atoms with Gasteiger partial charge in [-0.2, -0.15) is 0 Å². The second-order valence-electron chi connectivity index (χ2n) is 4.01. The van der Waals surface area contributed by atoms with E-state index in [2.05, 4.69) is 53.1 Å². The normalized spacial score (nSPS) is 10.3. The molecule has 0 aliphatic heterocycles. The Bertz CT molecular complexity index is 641. The Balaban J connectivity index is 2.28. The Morgan fingerprint density at radius 3 is 2.53 bits per heavy atom. The van der Waals surface area contributed by atoms with E-state index in [-0.39, 0.29) is 5.91 Å². The lowest BCUT2D eigenvalue weighted by molar-refractivity contribution is 0.102. The van der Waals surface area contributed by atoms with Gasteiger partial charge in [0.25, 0.3) is 5.91 Å². The van der Waals surface area contributed by atoms with Crippen molar-refractivity contribution in [2.45, 2.75) is 6.92 Å². The molecule has 0 heterocycles. The van der Waals surface area contributed by atoms with Gasteiger partial charge in [0.2, 0.25) is 0 Å². The zero-order valence-corrected chi connectivity index (χ0v) is 14.8. The smallest absolute Gasteiger partial charge is 0.256 e. The van der Waals surface area contributed by atoms with Crippen molar-refractivity contribution >= 4 is 59.4 Å². The highest BCUT2D eigenvalue weighted by Gasteiger charge is 2.12. The maximum atomic E-state index is 12.2. The summed E-state index contributed by atoms with van der Waals surface area (Å²) in [4.78, 5) is 12.2. The summed E-state index contributed by atoms with van der Waals surface area (Å²) in [5, 5.41) is 2.90. The molecule has 0 saturated heterocycles. The zero-order chi connectivity index (χ0) is 14.0. The molecule has 0 spiro atoms. The molecule has 0 saturated carbocycles. The molecular formula is C14H10Br3NO. The van der Waals surface area contributed by atoms with Crippen LogP contribution in [0, 0.1) is 6.92 Å². The maximum Gasteiger partial charge on any atom is 0.256 e. The third-order valence-electron chi connectivity index (χ3n) is 2.62. The second kappa shape index (κ2) is 6.20. The quantitative estimate of drug-likeness (QED) is 0.643. The molecule has 98 valence electrons. The molecule has 0 fully saturated rings. The summed E-state index contributed by atoms with van der Waals surface area (Å²) < 4.78 is 2.58.